The van der Waals surface area contributed by atoms with E-state index >= 15 is 0 Å². The van der Waals surface area contributed by atoms with Gasteiger partial charge in [-0.15, -0.1) is 0 Å². The molecule has 2 aliphatic carbocycles. The highest BCUT2D eigenvalue weighted by Crippen LogP contribution is 2.55. The fourth-order valence-electron chi connectivity index (χ4n) is 3.89. The van der Waals surface area contributed by atoms with E-state index in [9.17, 15) is 4.79 Å². The highest BCUT2D eigenvalue weighted by atomic mass is 32.1. The normalized spacial score (nSPS) is 32.2. The molecule has 3 fully saturated rings. The number of carbonyl (C=O) groups is 1. The molecule has 1 amide bonds. The van der Waals surface area contributed by atoms with Gasteiger partial charge in [0.25, 0.3) is 0 Å². The first kappa shape index (κ1) is 13.5. The maximum absolute atomic E-state index is 12.6. The van der Waals surface area contributed by atoms with Crippen molar-refractivity contribution in [3.8, 4) is 0 Å². The van der Waals surface area contributed by atoms with Gasteiger partial charge >= 0.3 is 0 Å². The summed E-state index contributed by atoms with van der Waals surface area (Å²) in [7, 11) is 1.95. The molecule has 0 aromatic carbocycles. The smallest absolute Gasteiger partial charge is 0.226 e. The lowest BCUT2D eigenvalue weighted by atomic mass is 9.96. The minimum absolute atomic E-state index is 0.318. The number of nitrogens with one attached hydrogen (secondary N) is 1. The van der Waals surface area contributed by atoms with Crippen LogP contribution in [0.4, 0.5) is 0 Å². The maximum Gasteiger partial charge on any atom is 0.226 e. The van der Waals surface area contributed by atoms with Crippen LogP contribution in [0.25, 0.3) is 0 Å². The van der Waals surface area contributed by atoms with Gasteiger partial charge in [-0.3, -0.25) is 9.89 Å². The molecule has 2 heterocycles. The lowest BCUT2D eigenvalue weighted by molar-refractivity contribution is -0.134. The maximum atomic E-state index is 12.6. The predicted molar refractivity (Wildman–Crippen MR) is 81.3 cm³/mol. The minimum atomic E-state index is 0.318. The Morgan fingerprint density at radius 1 is 1.38 bits per heavy atom. The molecule has 5 nitrogen and oxygen atoms in total. The van der Waals surface area contributed by atoms with Crippen LogP contribution in [-0.4, -0.2) is 38.7 Å². The fourth-order valence-corrected chi connectivity index (χ4v) is 4.03. The number of rotatable bonds is 3. The number of hydrogen-bond donors (Lipinski definition) is 1. The van der Waals surface area contributed by atoms with Crippen LogP contribution < -0.4 is 0 Å². The Morgan fingerprint density at radius 2 is 2.19 bits per heavy atom. The summed E-state index contributed by atoms with van der Waals surface area (Å²) in [6.45, 7) is 1.72. The van der Waals surface area contributed by atoms with E-state index in [1.54, 1.807) is 0 Å². The summed E-state index contributed by atoms with van der Waals surface area (Å²) in [6, 6.07) is 0. The molecular weight excluding hydrogens is 284 g/mol. The third-order valence-corrected chi connectivity index (χ3v) is 5.76. The first-order valence-corrected chi connectivity index (χ1v) is 8.46. The van der Waals surface area contributed by atoms with Crippen molar-refractivity contribution < 1.29 is 4.79 Å². The minimum Gasteiger partial charge on any atom is -0.342 e. The molecule has 1 aliphatic heterocycles. The van der Waals surface area contributed by atoms with Gasteiger partial charge in [0.05, 0.1) is 0 Å². The molecule has 1 aromatic heterocycles. The van der Waals surface area contributed by atoms with E-state index < -0.39 is 0 Å². The molecule has 114 valence electrons. The molecule has 1 aromatic rings. The molecule has 6 heteroatoms. The van der Waals surface area contributed by atoms with Gasteiger partial charge in [-0.1, -0.05) is 0 Å². The molecule has 4 rings (SSSR count). The third kappa shape index (κ3) is 2.43. The Bertz CT molecular complexity index is 617. The second-order valence-electron chi connectivity index (χ2n) is 6.91. The van der Waals surface area contributed by atoms with E-state index in [1.807, 2.05) is 11.6 Å². The molecule has 0 unspecified atom stereocenters. The van der Waals surface area contributed by atoms with E-state index in [0.717, 1.165) is 44.1 Å². The van der Waals surface area contributed by atoms with Crippen LogP contribution in [0, 0.1) is 22.5 Å². The van der Waals surface area contributed by atoms with Gasteiger partial charge in [0.15, 0.2) is 4.77 Å². The van der Waals surface area contributed by atoms with Crippen molar-refractivity contribution in [2.45, 2.75) is 38.0 Å². The van der Waals surface area contributed by atoms with Crippen molar-refractivity contribution in [2.24, 2.45) is 24.8 Å². The Labute approximate surface area is 129 Å². The topological polar surface area (TPSA) is 53.9 Å². The summed E-state index contributed by atoms with van der Waals surface area (Å²) < 4.78 is 2.60. The Morgan fingerprint density at radius 3 is 2.86 bits per heavy atom. The molecule has 0 spiro atoms. The van der Waals surface area contributed by atoms with Gasteiger partial charge in [-0.25, -0.2) is 0 Å². The average Bonchev–Trinajstić information content (AvgIpc) is 3.37. The molecule has 0 radical (unpaired) electrons. The first-order chi connectivity index (χ1) is 10.1. The molecule has 21 heavy (non-hydrogen) atoms. The average molecular weight is 306 g/mol. The van der Waals surface area contributed by atoms with Crippen molar-refractivity contribution in [3.63, 3.8) is 0 Å². The number of nitrogens with zero attached hydrogens (tertiary/aromatic N) is 3. The second-order valence-corrected chi connectivity index (χ2v) is 7.30. The standard InChI is InChI=1S/C15H22N4OS/c1-18-13(16-17-15(18)21)10-3-2-6-19(8-10)14(20)12-7-11(12)9-4-5-9/h9-12H,2-8H2,1H3,(H,17,21)/t10-,11-,12-/m1/s1. The third-order valence-electron chi connectivity index (χ3n) is 5.40. The van der Waals surface area contributed by atoms with Crippen LogP contribution in [0.1, 0.15) is 43.8 Å². The summed E-state index contributed by atoms with van der Waals surface area (Å²) in [4.78, 5) is 14.7. The van der Waals surface area contributed by atoms with Crippen molar-refractivity contribution >= 4 is 18.1 Å². The highest BCUT2D eigenvalue weighted by Gasteiger charge is 2.52. The molecule has 2 saturated carbocycles. The van der Waals surface area contributed by atoms with Crippen LogP contribution >= 0.6 is 12.2 Å². The van der Waals surface area contributed by atoms with Crippen LogP contribution in [0.15, 0.2) is 0 Å². The zero-order chi connectivity index (χ0) is 14.6. The van der Waals surface area contributed by atoms with E-state index in [4.69, 9.17) is 12.2 Å². The van der Waals surface area contributed by atoms with Gasteiger partial charge < -0.3 is 9.47 Å². The largest absolute Gasteiger partial charge is 0.342 e. The Balaban J connectivity index is 1.44. The van der Waals surface area contributed by atoms with Gasteiger partial charge in [0.2, 0.25) is 5.91 Å². The van der Waals surface area contributed by atoms with Crippen LogP contribution in [-0.2, 0) is 11.8 Å². The van der Waals surface area contributed by atoms with E-state index in [-0.39, 0.29) is 0 Å². The van der Waals surface area contributed by atoms with Crippen molar-refractivity contribution in [1.29, 1.82) is 0 Å². The monoisotopic (exact) mass is 306 g/mol. The predicted octanol–water partition coefficient (Wildman–Crippen LogP) is 2.23. The number of amides is 1. The summed E-state index contributed by atoms with van der Waals surface area (Å²) in [5.74, 6) is 3.61. The van der Waals surface area contributed by atoms with E-state index in [2.05, 4.69) is 15.1 Å². The quantitative estimate of drug-likeness (QED) is 0.871. The van der Waals surface area contributed by atoms with E-state index in [0.29, 0.717) is 28.4 Å². The number of likely N-dealkylation sites (tertiary alicyclic amines) is 1. The van der Waals surface area contributed by atoms with Crippen LogP contribution in [0.2, 0.25) is 0 Å². The second kappa shape index (κ2) is 4.93. The number of carbonyl (C=O) groups excluding carboxylic acids is 1. The summed E-state index contributed by atoms with van der Waals surface area (Å²) >= 11 is 5.19. The fraction of sp³-hybridized carbons (Fsp3) is 0.800. The number of H-pyrrole nitrogens is 1. The zero-order valence-electron chi connectivity index (χ0n) is 12.4. The lowest BCUT2D eigenvalue weighted by Gasteiger charge is -2.32. The molecule has 1 saturated heterocycles. The summed E-state index contributed by atoms with van der Waals surface area (Å²) in [5.41, 5.74) is 0. The Kier molecular flexibility index (Phi) is 3.17. The molecule has 3 atom stereocenters. The van der Waals surface area contributed by atoms with Gasteiger partial charge in [-0.05, 0) is 56.2 Å². The number of aromatic nitrogens is 3. The number of aromatic amines is 1. The van der Waals surface area contributed by atoms with Gasteiger partial charge in [-0.2, -0.15) is 5.10 Å². The van der Waals surface area contributed by atoms with Crippen molar-refractivity contribution in [1.82, 2.24) is 19.7 Å². The number of piperidine rings is 1. The molecule has 0 bridgehead atoms. The SMILES string of the molecule is Cn1c([C@@H]2CCCN(C(=O)[C@@H]3C[C@@H]3C3CC3)C2)n[nH]c1=S. The Hall–Kier alpha value is -1.17. The van der Waals surface area contributed by atoms with E-state index in [1.165, 1.54) is 12.8 Å². The molecule has 3 aliphatic rings. The zero-order valence-corrected chi connectivity index (χ0v) is 13.2. The first-order valence-electron chi connectivity index (χ1n) is 8.05. The molecular formula is C15H22N4OS. The van der Waals surface area contributed by atoms with Crippen molar-refractivity contribution in [3.05, 3.63) is 10.6 Å². The van der Waals surface area contributed by atoms with Crippen LogP contribution in [0.5, 0.6) is 0 Å². The van der Waals surface area contributed by atoms with Crippen LogP contribution in [0.3, 0.4) is 0 Å². The highest BCUT2D eigenvalue weighted by molar-refractivity contribution is 7.71. The lowest BCUT2D eigenvalue weighted by Crippen LogP contribution is -2.40. The summed E-state index contributed by atoms with van der Waals surface area (Å²) in [6.07, 6.45) is 5.99. The summed E-state index contributed by atoms with van der Waals surface area (Å²) in [5, 5.41) is 7.21. The van der Waals surface area contributed by atoms with Gasteiger partial charge in [0.1, 0.15) is 5.82 Å². The van der Waals surface area contributed by atoms with Crippen molar-refractivity contribution in [2.75, 3.05) is 13.1 Å². The molecule has 1 N–H and O–H groups in total. The van der Waals surface area contributed by atoms with Gasteiger partial charge in [0, 0.05) is 32.0 Å². The number of hydrogen-bond acceptors (Lipinski definition) is 3.